The van der Waals surface area contributed by atoms with Crippen molar-refractivity contribution in [3.05, 3.63) is 70.2 Å². The van der Waals surface area contributed by atoms with E-state index in [9.17, 15) is 14.7 Å². The lowest BCUT2D eigenvalue weighted by Gasteiger charge is -2.34. The molecule has 7 nitrogen and oxygen atoms in total. The van der Waals surface area contributed by atoms with E-state index in [2.05, 4.69) is 12.2 Å². The molecule has 166 valence electrons. The van der Waals surface area contributed by atoms with Gasteiger partial charge >= 0.3 is 5.97 Å². The van der Waals surface area contributed by atoms with Gasteiger partial charge in [-0.05, 0) is 30.2 Å². The van der Waals surface area contributed by atoms with Crippen LogP contribution < -0.4 is 15.9 Å². The largest absolute Gasteiger partial charge is 0.478 e. The molecule has 0 radical (unpaired) electrons. The number of unbranched alkanes of at least 4 members (excludes halogenated alkanes) is 4. The van der Waals surface area contributed by atoms with Crippen molar-refractivity contribution in [3.63, 3.8) is 0 Å². The summed E-state index contributed by atoms with van der Waals surface area (Å²) in [5.74, 6) is -0.303. The number of rotatable bonds is 8. The maximum absolute atomic E-state index is 13.1. The van der Waals surface area contributed by atoms with Crippen molar-refractivity contribution in [1.29, 1.82) is 0 Å². The molecular formula is C24H26N4O3S. The number of nitrogens with zero attached hydrogens (tertiary/aromatic N) is 3. The number of amidine groups is 1. The number of carbonyl (C=O) groups excluding carboxylic acids is 1. The van der Waals surface area contributed by atoms with E-state index in [4.69, 9.17) is 10.1 Å². The number of fused-ring (bicyclic) bond motifs is 2. The average Bonchev–Trinajstić information content (AvgIpc) is 2.80. The Hall–Kier alpha value is -3.13. The Kier molecular flexibility index (Phi) is 6.90. The van der Waals surface area contributed by atoms with E-state index < -0.39 is 12.1 Å². The van der Waals surface area contributed by atoms with E-state index in [-0.39, 0.29) is 11.5 Å². The van der Waals surface area contributed by atoms with Gasteiger partial charge < -0.3 is 5.11 Å². The second-order valence-electron chi connectivity index (χ2n) is 7.76. The zero-order valence-electron chi connectivity index (χ0n) is 18.0. The van der Waals surface area contributed by atoms with Gasteiger partial charge in [0, 0.05) is 11.0 Å². The summed E-state index contributed by atoms with van der Waals surface area (Å²) in [5.41, 5.74) is 1.42. The van der Waals surface area contributed by atoms with Crippen molar-refractivity contribution in [1.82, 2.24) is 10.3 Å². The summed E-state index contributed by atoms with van der Waals surface area (Å²) >= 11 is 1.54. The molecule has 4 rings (SSSR count). The summed E-state index contributed by atoms with van der Waals surface area (Å²) in [4.78, 5) is 29.2. The molecule has 0 spiro atoms. The monoisotopic (exact) mass is 450 g/mol. The van der Waals surface area contributed by atoms with Crippen molar-refractivity contribution >= 4 is 34.5 Å². The fourth-order valence-electron chi connectivity index (χ4n) is 3.78. The molecule has 2 aliphatic rings. The van der Waals surface area contributed by atoms with Crippen LogP contribution in [-0.4, -0.2) is 32.9 Å². The third-order valence-electron chi connectivity index (χ3n) is 5.46. The number of hydrogen-bond acceptors (Lipinski definition) is 6. The van der Waals surface area contributed by atoms with Crippen molar-refractivity contribution < 1.29 is 14.7 Å². The van der Waals surface area contributed by atoms with E-state index >= 15 is 0 Å². The summed E-state index contributed by atoms with van der Waals surface area (Å²) in [6.45, 7) is 2.20. The fraction of sp³-hybridized carbons (Fsp3) is 0.333. The minimum Gasteiger partial charge on any atom is -0.478 e. The fourth-order valence-corrected chi connectivity index (χ4v) is 4.63. The smallest absolute Gasteiger partial charge is 0.335 e. The molecule has 1 atom stereocenters. The number of para-hydroxylation sites is 1. The Morgan fingerprint density at radius 2 is 1.84 bits per heavy atom. The van der Waals surface area contributed by atoms with Gasteiger partial charge in [-0.15, -0.1) is 5.10 Å². The number of carboxylic acids is 1. The number of hydrogen-bond donors (Lipinski definition) is 2. The zero-order chi connectivity index (χ0) is 22.5. The van der Waals surface area contributed by atoms with Gasteiger partial charge in [-0.2, -0.15) is 0 Å². The van der Waals surface area contributed by atoms with Gasteiger partial charge in [0.2, 0.25) is 0 Å². The number of hydrazone groups is 1. The highest BCUT2D eigenvalue weighted by Gasteiger charge is 2.34. The first-order valence-electron chi connectivity index (χ1n) is 10.9. The molecule has 0 aliphatic carbocycles. The molecule has 2 aliphatic heterocycles. The maximum atomic E-state index is 13.1. The summed E-state index contributed by atoms with van der Waals surface area (Å²) < 4.78 is 0. The second kappa shape index (κ2) is 9.99. The van der Waals surface area contributed by atoms with Gasteiger partial charge in [0.05, 0.1) is 10.9 Å². The van der Waals surface area contributed by atoms with Crippen LogP contribution in [0.5, 0.6) is 0 Å². The van der Waals surface area contributed by atoms with E-state index in [0.29, 0.717) is 16.2 Å². The van der Waals surface area contributed by atoms with Gasteiger partial charge in [0.15, 0.2) is 11.3 Å². The first-order valence-corrected chi connectivity index (χ1v) is 11.9. The summed E-state index contributed by atoms with van der Waals surface area (Å²) in [6, 6.07) is 14.0. The molecule has 0 saturated carbocycles. The molecule has 8 heteroatoms. The average molecular weight is 451 g/mol. The molecule has 2 heterocycles. The second-order valence-corrected chi connectivity index (χ2v) is 8.85. The summed E-state index contributed by atoms with van der Waals surface area (Å²) in [7, 11) is 0. The number of aromatic carboxylic acids is 1. The van der Waals surface area contributed by atoms with Gasteiger partial charge in [-0.3, -0.25) is 15.1 Å². The number of thioether (sulfide) groups is 1. The lowest BCUT2D eigenvalue weighted by Crippen LogP contribution is -2.50. The Balaban J connectivity index is 1.65. The molecular weight excluding hydrogens is 424 g/mol. The van der Waals surface area contributed by atoms with Crippen LogP contribution in [0.4, 0.5) is 0 Å². The highest BCUT2D eigenvalue weighted by Crippen LogP contribution is 2.31. The van der Waals surface area contributed by atoms with Crippen LogP contribution in [-0.2, 0) is 4.79 Å². The van der Waals surface area contributed by atoms with Crippen LogP contribution in [0, 0.1) is 0 Å². The predicted molar refractivity (Wildman–Crippen MR) is 125 cm³/mol. The Bertz CT molecular complexity index is 1160. The Morgan fingerprint density at radius 3 is 2.59 bits per heavy atom. The van der Waals surface area contributed by atoms with E-state index in [1.165, 1.54) is 25.7 Å². The highest BCUT2D eigenvalue weighted by molar-refractivity contribution is 8.13. The molecule has 2 aromatic carbocycles. The van der Waals surface area contributed by atoms with Crippen molar-refractivity contribution in [2.24, 2.45) is 10.1 Å². The van der Waals surface area contributed by atoms with Crippen LogP contribution in [0.3, 0.4) is 0 Å². The lowest BCUT2D eigenvalue weighted by molar-refractivity contribution is -0.116. The zero-order valence-corrected chi connectivity index (χ0v) is 18.8. The Labute approximate surface area is 190 Å². The topological polar surface area (TPSA) is 94.4 Å². The van der Waals surface area contributed by atoms with E-state index in [0.717, 1.165) is 23.0 Å². The first-order chi connectivity index (χ1) is 15.6. The van der Waals surface area contributed by atoms with Crippen molar-refractivity contribution in [3.8, 4) is 0 Å². The first kappa shape index (κ1) is 22.1. The molecule has 0 fully saturated rings. The van der Waals surface area contributed by atoms with E-state index in [1.54, 1.807) is 41.0 Å². The number of carboxylic acid groups (broad SMARTS) is 1. The van der Waals surface area contributed by atoms with Gasteiger partial charge in [0.1, 0.15) is 5.70 Å². The third-order valence-corrected chi connectivity index (χ3v) is 6.41. The van der Waals surface area contributed by atoms with Crippen LogP contribution in [0.25, 0.3) is 5.70 Å². The predicted octanol–water partition coefficient (Wildman–Crippen LogP) is 3.23. The van der Waals surface area contributed by atoms with Crippen LogP contribution >= 0.6 is 11.8 Å². The number of amides is 1. The van der Waals surface area contributed by atoms with Crippen molar-refractivity contribution in [2.75, 3.05) is 5.75 Å². The molecule has 2 aromatic rings. The number of nitrogens with one attached hydrogen (secondary N) is 1. The molecule has 32 heavy (non-hydrogen) atoms. The molecule has 0 saturated heterocycles. The minimum atomic E-state index is -0.984. The Morgan fingerprint density at radius 1 is 1.09 bits per heavy atom. The number of benzene rings is 2. The van der Waals surface area contributed by atoms with Crippen LogP contribution in [0.2, 0.25) is 0 Å². The van der Waals surface area contributed by atoms with Gasteiger partial charge in [-0.1, -0.05) is 74.7 Å². The van der Waals surface area contributed by atoms with E-state index in [1.807, 2.05) is 24.3 Å². The summed E-state index contributed by atoms with van der Waals surface area (Å²) in [5, 5.41) is 20.5. The molecule has 1 unspecified atom stereocenters. The number of carbonyl (C=O) groups is 2. The van der Waals surface area contributed by atoms with Gasteiger partial charge in [0.25, 0.3) is 5.91 Å². The van der Waals surface area contributed by atoms with Crippen molar-refractivity contribution in [2.45, 2.75) is 45.2 Å². The van der Waals surface area contributed by atoms with Gasteiger partial charge in [-0.25, -0.2) is 9.80 Å². The minimum absolute atomic E-state index is 0.202. The maximum Gasteiger partial charge on any atom is 0.335 e. The molecule has 2 N–H and O–H groups in total. The van der Waals surface area contributed by atoms with Crippen LogP contribution in [0.15, 0.2) is 58.6 Å². The molecule has 0 aromatic heterocycles. The molecule has 1 amide bonds. The lowest BCUT2D eigenvalue weighted by atomic mass is 10.1. The molecule has 0 bridgehead atoms. The quantitative estimate of drug-likeness (QED) is 0.602. The highest BCUT2D eigenvalue weighted by atomic mass is 32.2. The summed E-state index contributed by atoms with van der Waals surface area (Å²) in [6.07, 6.45) is 5.38. The van der Waals surface area contributed by atoms with Crippen LogP contribution in [0.1, 0.15) is 61.1 Å². The standard InChI is InChI=1S/C24H26N4O3S/c1-2-3-4-5-8-15-32-24-26-22(29)20-18-9-6-7-10-19(18)25-21(28(20)27-24)16-11-13-17(14-12-16)23(30)31/h6-7,9-14,21H,2-5,8,15H2,1H3,(H,30,31)(H,26,27,29). The third kappa shape index (κ3) is 4.70. The normalized spacial score (nSPS) is 17.1. The SMILES string of the molecule is CCCCCCCSC1=NN2C(=c3ccccc3=NC2c2ccc(C(=O)O)cc2)C(=O)N1.